The molecule has 2 unspecified atom stereocenters. The summed E-state index contributed by atoms with van der Waals surface area (Å²) < 4.78 is 28.5. The van der Waals surface area contributed by atoms with Crippen LogP contribution in [0.15, 0.2) is 53.8 Å². The zero-order valence-corrected chi connectivity index (χ0v) is 18.2. The molecule has 0 saturated carbocycles. The zero-order valence-electron chi connectivity index (χ0n) is 18.2. The van der Waals surface area contributed by atoms with E-state index in [1.54, 1.807) is 4.90 Å². The SMILES string of the molecule is CCCCN(C)CCCC1CN(C(=O)c2c(F)cccc2F)C2=C1C=CC(C)C=C2. The van der Waals surface area contributed by atoms with Crippen LogP contribution in [0.25, 0.3) is 0 Å². The molecule has 0 bridgehead atoms. The number of allylic oxidation sites excluding steroid dienone is 4. The van der Waals surface area contributed by atoms with Gasteiger partial charge in [0.1, 0.15) is 17.2 Å². The summed E-state index contributed by atoms with van der Waals surface area (Å²) >= 11 is 0. The number of amides is 1. The lowest BCUT2D eigenvalue weighted by Gasteiger charge is -2.21. The first kappa shape index (κ1) is 22.4. The average Bonchev–Trinajstić information content (AvgIpc) is 2.94. The molecule has 3 nitrogen and oxygen atoms in total. The summed E-state index contributed by atoms with van der Waals surface area (Å²) in [4.78, 5) is 17.0. The fourth-order valence-corrected chi connectivity index (χ4v) is 4.18. The highest BCUT2D eigenvalue weighted by molar-refractivity contribution is 5.96. The van der Waals surface area contributed by atoms with Crippen molar-refractivity contribution in [2.45, 2.75) is 39.5 Å². The van der Waals surface area contributed by atoms with Crippen LogP contribution in [0, 0.1) is 23.5 Å². The van der Waals surface area contributed by atoms with Crippen molar-refractivity contribution >= 4 is 5.91 Å². The number of unbranched alkanes of at least 4 members (excludes halogenated alkanes) is 1. The Kier molecular flexibility index (Phi) is 7.59. The van der Waals surface area contributed by atoms with Crippen LogP contribution in [0.2, 0.25) is 0 Å². The lowest BCUT2D eigenvalue weighted by Crippen LogP contribution is -2.31. The Morgan fingerprint density at radius 2 is 1.80 bits per heavy atom. The van der Waals surface area contributed by atoms with Crippen molar-refractivity contribution in [1.29, 1.82) is 0 Å². The first-order valence-electron chi connectivity index (χ1n) is 11.0. The molecule has 2 aliphatic rings. The van der Waals surface area contributed by atoms with Gasteiger partial charge in [0.05, 0.1) is 0 Å². The predicted molar refractivity (Wildman–Crippen MR) is 117 cm³/mol. The van der Waals surface area contributed by atoms with E-state index >= 15 is 0 Å². The molecule has 1 heterocycles. The molecular weight excluding hydrogens is 382 g/mol. The van der Waals surface area contributed by atoms with Gasteiger partial charge in [0.2, 0.25) is 0 Å². The Balaban J connectivity index is 1.79. The van der Waals surface area contributed by atoms with Crippen LogP contribution >= 0.6 is 0 Å². The van der Waals surface area contributed by atoms with Gasteiger partial charge in [0.15, 0.2) is 0 Å². The maximum atomic E-state index is 14.3. The van der Waals surface area contributed by atoms with Crippen LogP contribution in [0.5, 0.6) is 0 Å². The highest BCUT2D eigenvalue weighted by Crippen LogP contribution is 2.36. The van der Waals surface area contributed by atoms with Crippen molar-refractivity contribution in [1.82, 2.24) is 9.80 Å². The average molecular weight is 415 g/mol. The molecule has 0 spiro atoms. The summed E-state index contributed by atoms with van der Waals surface area (Å²) in [6, 6.07) is 3.55. The molecule has 1 aliphatic carbocycles. The lowest BCUT2D eigenvalue weighted by atomic mass is 9.95. The minimum Gasteiger partial charge on any atom is -0.307 e. The standard InChI is InChI=1S/C25H32F2N2O/c1-4-5-15-28(3)16-7-8-19-17-29(23-14-12-18(2)11-13-20(19)23)25(30)24-21(26)9-6-10-22(24)27/h6,9-14,18-19H,4-5,7-8,15-17H2,1-3H3. The van der Waals surface area contributed by atoms with Gasteiger partial charge in [-0.05, 0) is 69.1 Å². The summed E-state index contributed by atoms with van der Waals surface area (Å²) in [6.07, 6.45) is 12.5. The summed E-state index contributed by atoms with van der Waals surface area (Å²) in [6.45, 7) is 6.82. The number of carbonyl (C=O) groups excluding carboxylic acids is 1. The van der Waals surface area contributed by atoms with E-state index in [1.807, 2.05) is 12.2 Å². The first-order chi connectivity index (χ1) is 14.4. The molecule has 5 heteroatoms. The Labute approximate surface area is 178 Å². The smallest absolute Gasteiger partial charge is 0.264 e. The summed E-state index contributed by atoms with van der Waals surface area (Å²) in [5.74, 6) is -1.81. The molecule has 0 fully saturated rings. The van der Waals surface area contributed by atoms with Crippen LogP contribution < -0.4 is 0 Å². The maximum absolute atomic E-state index is 14.3. The molecule has 0 saturated heterocycles. The normalized spacial score (nSPS) is 20.8. The largest absolute Gasteiger partial charge is 0.307 e. The van der Waals surface area contributed by atoms with Crippen molar-refractivity contribution in [2.24, 2.45) is 11.8 Å². The van der Waals surface area contributed by atoms with E-state index in [-0.39, 0.29) is 11.8 Å². The van der Waals surface area contributed by atoms with E-state index in [9.17, 15) is 13.6 Å². The second-order valence-electron chi connectivity index (χ2n) is 8.43. The second-order valence-corrected chi connectivity index (χ2v) is 8.43. The quantitative estimate of drug-likeness (QED) is 0.556. The summed E-state index contributed by atoms with van der Waals surface area (Å²) in [7, 11) is 2.14. The monoisotopic (exact) mass is 414 g/mol. The molecule has 0 aromatic heterocycles. The molecule has 1 amide bonds. The van der Waals surface area contributed by atoms with Crippen molar-refractivity contribution < 1.29 is 13.6 Å². The van der Waals surface area contributed by atoms with Crippen LogP contribution in [0.3, 0.4) is 0 Å². The van der Waals surface area contributed by atoms with Gasteiger partial charge in [0.25, 0.3) is 5.91 Å². The fraction of sp³-hybridized carbons (Fsp3) is 0.480. The van der Waals surface area contributed by atoms with Crippen LogP contribution in [0.4, 0.5) is 8.78 Å². The van der Waals surface area contributed by atoms with Gasteiger partial charge >= 0.3 is 0 Å². The molecule has 1 aromatic carbocycles. The third-order valence-corrected chi connectivity index (χ3v) is 5.97. The van der Waals surface area contributed by atoms with Gasteiger partial charge in [-0.3, -0.25) is 4.79 Å². The topological polar surface area (TPSA) is 23.6 Å². The number of rotatable bonds is 8. The minimum atomic E-state index is -0.815. The molecule has 3 rings (SSSR count). The predicted octanol–water partition coefficient (Wildman–Crippen LogP) is 5.57. The van der Waals surface area contributed by atoms with E-state index in [1.165, 1.54) is 18.9 Å². The van der Waals surface area contributed by atoms with Gasteiger partial charge in [0, 0.05) is 18.2 Å². The van der Waals surface area contributed by atoms with Crippen molar-refractivity contribution in [2.75, 3.05) is 26.7 Å². The van der Waals surface area contributed by atoms with Crippen molar-refractivity contribution in [3.05, 3.63) is 71.0 Å². The third-order valence-electron chi connectivity index (χ3n) is 5.97. The molecule has 30 heavy (non-hydrogen) atoms. The summed E-state index contributed by atoms with van der Waals surface area (Å²) in [5.41, 5.74) is 1.39. The molecule has 1 aromatic rings. The number of hydrogen-bond donors (Lipinski definition) is 0. The molecule has 2 atom stereocenters. The fourth-order valence-electron chi connectivity index (χ4n) is 4.18. The van der Waals surface area contributed by atoms with Gasteiger partial charge in [-0.1, -0.05) is 44.6 Å². The van der Waals surface area contributed by atoms with E-state index in [2.05, 4.69) is 37.9 Å². The lowest BCUT2D eigenvalue weighted by molar-refractivity contribution is 0.0803. The Morgan fingerprint density at radius 3 is 2.50 bits per heavy atom. The van der Waals surface area contributed by atoms with E-state index in [0.29, 0.717) is 6.54 Å². The number of nitrogens with zero attached hydrogens (tertiary/aromatic N) is 2. The van der Waals surface area contributed by atoms with Crippen LogP contribution in [-0.2, 0) is 0 Å². The third kappa shape index (κ3) is 5.07. The van der Waals surface area contributed by atoms with Gasteiger partial charge in [-0.2, -0.15) is 0 Å². The summed E-state index contributed by atoms with van der Waals surface area (Å²) in [5, 5.41) is 0. The Morgan fingerprint density at radius 1 is 1.13 bits per heavy atom. The van der Waals surface area contributed by atoms with Crippen molar-refractivity contribution in [3.8, 4) is 0 Å². The highest BCUT2D eigenvalue weighted by Gasteiger charge is 2.35. The van der Waals surface area contributed by atoms with Gasteiger partial charge in [-0.25, -0.2) is 8.78 Å². The van der Waals surface area contributed by atoms with Crippen LogP contribution in [0.1, 0.15) is 49.9 Å². The number of benzene rings is 1. The first-order valence-corrected chi connectivity index (χ1v) is 11.0. The second kappa shape index (κ2) is 10.2. The minimum absolute atomic E-state index is 0.171. The number of carbonyl (C=O) groups is 1. The van der Waals surface area contributed by atoms with E-state index in [0.717, 1.165) is 49.3 Å². The Bertz CT molecular complexity index is 838. The van der Waals surface area contributed by atoms with E-state index in [4.69, 9.17) is 0 Å². The molecule has 1 aliphatic heterocycles. The maximum Gasteiger partial charge on any atom is 0.264 e. The van der Waals surface area contributed by atoms with E-state index < -0.39 is 23.1 Å². The van der Waals surface area contributed by atoms with Gasteiger partial charge in [-0.15, -0.1) is 0 Å². The molecule has 0 N–H and O–H groups in total. The van der Waals surface area contributed by atoms with Gasteiger partial charge < -0.3 is 9.80 Å². The molecular formula is C25H32F2N2O. The van der Waals surface area contributed by atoms with Crippen LogP contribution in [-0.4, -0.2) is 42.4 Å². The van der Waals surface area contributed by atoms with Crippen molar-refractivity contribution in [3.63, 3.8) is 0 Å². The Hall–Kier alpha value is -2.27. The highest BCUT2D eigenvalue weighted by atomic mass is 19.1. The zero-order chi connectivity index (χ0) is 21.7. The number of hydrogen-bond acceptors (Lipinski definition) is 2. The number of halogens is 2. The molecule has 162 valence electrons. The molecule has 0 radical (unpaired) electrons.